The number of amides is 1. The van der Waals surface area contributed by atoms with Crippen molar-refractivity contribution in [3.63, 3.8) is 0 Å². The number of aromatic amines is 1. The van der Waals surface area contributed by atoms with E-state index in [4.69, 9.17) is 0 Å². The van der Waals surface area contributed by atoms with Crippen LogP contribution in [0.3, 0.4) is 0 Å². The topological polar surface area (TPSA) is 84.0 Å². The zero-order valence-electron chi connectivity index (χ0n) is 14.5. The molecular formula is C18H25N3O3. The van der Waals surface area contributed by atoms with Crippen molar-refractivity contribution in [2.75, 3.05) is 0 Å². The Labute approximate surface area is 140 Å². The van der Waals surface area contributed by atoms with Gasteiger partial charge in [0, 0.05) is 18.2 Å². The van der Waals surface area contributed by atoms with E-state index in [-0.39, 0.29) is 17.5 Å². The van der Waals surface area contributed by atoms with Crippen LogP contribution in [-0.4, -0.2) is 21.5 Å². The number of benzene rings is 1. The molecule has 0 saturated heterocycles. The van der Waals surface area contributed by atoms with E-state index in [1.54, 1.807) is 18.2 Å². The second kappa shape index (κ2) is 7.95. The van der Waals surface area contributed by atoms with Gasteiger partial charge in [-0.3, -0.25) is 14.2 Å². The van der Waals surface area contributed by atoms with Gasteiger partial charge in [-0.2, -0.15) is 0 Å². The zero-order valence-corrected chi connectivity index (χ0v) is 14.5. The summed E-state index contributed by atoms with van der Waals surface area (Å²) in [5.41, 5.74) is 0.0944. The highest BCUT2D eigenvalue weighted by Crippen LogP contribution is 2.10. The van der Waals surface area contributed by atoms with Crippen LogP contribution in [0.15, 0.2) is 27.8 Å². The highest BCUT2D eigenvalue weighted by Gasteiger charge is 2.12. The number of carbonyl (C=O) groups excluding carboxylic acids is 1. The lowest BCUT2D eigenvalue weighted by atomic mass is 10.1. The molecule has 24 heavy (non-hydrogen) atoms. The third-order valence-corrected chi connectivity index (χ3v) is 4.22. The van der Waals surface area contributed by atoms with Gasteiger partial charge in [-0.25, -0.2) is 4.79 Å². The van der Waals surface area contributed by atoms with Crippen molar-refractivity contribution in [2.24, 2.45) is 0 Å². The number of unbranched alkanes of at least 4 members (excludes halogenated alkanes) is 2. The van der Waals surface area contributed by atoms with Gasteiger partial charge >= 0.3 is 5.69 Å². The molecule has 0 unspecified atom stereocenters. The summed E-state index contributed by atoms with van der Waals surface area (Å²) in [6.07, 6.45) is 3.62. The lowest BCUT2D eigenvalue weighted by molar-refractivity contribution is 0.0939. The summed E-state index contributed by atoms with van der Waals surface area (Å²) in [4.78, 5) is 39.5. The van der Waals surface area contributed by atoms with Crippen LogP contribution < -0.4 is 16.6 Å². The van der Waals surface area contributed by atoms with Crippen molar-refractivity contribution in [3.8, 4) is 0 Å². The maximum Gasteiger partial charge on any atom is 0.328 e. The third kappa shape index (κ3) is 3.93. The maximum absolute atomic E-state index is 12.5. The molecule has 130 valence electrons. The first-order valence-corrected chi connectivity index (χ1v) is 8.55. The molecule has 1 aromatic heterocycles. The minimum atomic E-state index is -0.428. The van der Waals surface area contributed by atoms with Gasteiger partial charge < -0.3 is 10.3 Å². The van der Waals surface area contributed by atoms with E-state index >= 15 is 0 Å². The van der Waals surface area contributed by atoms with Crippen LogP contribution in [0.2, 0.25) is 0 Å². The molecule has 0 aliphatic rings. The second-order valence-electron chi connectivity index (χ2n) is 6.14. The van der Waals surface area contributed by atoms with Gasteiger partial charge in [0.2, 0.25) is 0 Å². The fraction of sp³-hybridized carbons (Fsp3) is 0.500. The van der Waals surface area contributed by atoms with E-state index in [0.717, 1.165) is 25.7 Å². The standard InChI is InChI=1S/C18H25N3O3/c1-4-6-7-10-21-17(23)14-9-8-13(11-15(14)20-18(21)24)16(22)19-12(3)5-2/h8-9,11-12H,4-7,10H2,1-3H3,(H,19,22)(H,20,24)/t12-/m0/s1. The molecule has 2 rings (SSSR count). The number of carbonyl (C=O) groups is 1. The highest BCUT2D eigenvalue weighted by atomic mass is 16.2. The second-order valence-corrected chi connectivity index (χ2v) is 6.14. The summed E-state index contributed by atoms with van der Waals surface area (Å²) in [6.45, 7) is 6.40. The Bertz CT molecular complexity index is 835. The van der Waals surface area contributed by atoms with Crippen LogP contribution >= 0.6 is 0 Å². The quantitative estimate of drug-likeness (QED) is 0.764. The fourth-order valence-corrected chi connectivity index (χ4v) is 2.53. The predicted octanol–water partition coefficient (Wildman–Crippen LogP) is 2.41. The minimum Gasteiger partial charge on any atom is -0.350 e. The van der Waals surface area contributed by atoms with Crippen LogP contribution in [-0.2, 0) is 6.54 Å². The van der Waals surface area contributed by atoms with Crippen molar-refractivity contribution >= 4 is 16.8 Å². The SMILES string of the molecule is CCCCCn1c(=O)[nH]c2cc(C(=O)N[C@@H](C)CC)ccc2c1=O. The molecule has 0 spiro atoms. The molecule has 1 amide bonds. The van der Waals surface area contributed by atoms with Gasteiger partial charge in [-0.1, -0.05) is 26.7 Å². The Balaban J connectivity index is 2.37. The zero-order chi connectivity index (χ0) is 17.7. The van der Waals surface area contributed by atoms with Crippen molar-refractivity contribution in [1.29, 1.82) is 0 Å². The van der Waals surface area contributed by atoms with Gasteiger partial charge in [0.25, 0.3) is 11.5 Å². The monoisotopic (exact) mass is 331 g/mol. The van der Waals surface area contributed by atoms with Crippen LogP contribution in [0.1, 0.15) is 56.8 Å². The molecule has 6 heteroatoms. The van der Waals surface area contributed by atoms with Crippen molar-refractivity contribution in [1.82, 2.24) is 14.9 Å². The molecule has 1 heterocycles. The lowest BCUT2D eigenvalue weighted by Crippen LogP contribution is -2.35. The third-order valence-electron chi connectivity index (χ3n) is 4.22. The van der Waals surface area contributed by atoms with Gasteiger partial charge in [0.1, 0.15) is 0 Å². The molecule has 1 atom stereocenters. The van der Waals surface area contributed by atoms with E-state index < -0.39 is 5.69 Å². The number of nitrogens with one attached hydrogen (secondary N) is 2. The van der Waals surface area contributed by atoms with Gasteiger partial charge in [-0.05, 0) is 38.0 Å². The molecular weight excluding hydrogens is 306 g/mol. The fourth-order valence-electron chi connectivity index (χ4n) is 2.53. The van der Waals surface area contributed by atoms with Crippen molar-refractivity contribution < 1.29 is 4.79 Å². The largest absolute Gasteiger partial charge is 0.350 e. The Morgan fingerprint density at radius 3 is 2.67 bits per heavy atom. The van der Waals surface area contributed by atoms with Crippen molar-refractivity contribution in [2.45, 2.75) is 59.0 Å². The molecule has 6 nitrogen and oxygen atoms in total. The predicted molar refractivity (Wildman–Crippen MR) is 95.6 cm³/mol. The number of fused-ring (bicyclic) bond motifs is 1. The first-order chi connectivity index (χ1) is 11.5. The summed E-state index contributed by atoms with van der Waals surface area (Å²) >= 11 is 0. The van der Waals surface area contributed by atoms with E-state index in [1.165, 1.54) is 4.57 Å². The van der Waals surface area contributed by atoms with Crippen molar-refractivity contribution in [3.05, 3.63) is 44.6 Å². The molecule has 0 bridgehead atoms. The first-order valence-electron chi connectivity index (χ1n) is 8.55. The van der Waals surface area contributed by atoms with Gasteiger partial charge in [0.05, 0.1) is 10.9 Å². The molecule has 1 aromatic carbocycles. The summed E-state index contributed by atoms with van der Waals surface area (Å²) in [5.74, 6) is -0.209. The average Bonchev–Trinajstić information content (AvgIpc) is 2.57. The molecule has 0 aliphatic carbocycles. The number of hydrogen-bond acceptors (Lipinski definition) is 3. The summed E-state index contributed by atoms with van der Waals surface area (Å²) in [5, 5.41) is 3.29. The Kier molecular flexibility index (Phi) is 5.95. The Morgan fingerprint density at radius 2 is 2.00 bits per heavy atom. The van der Waals surface area contributed by atoms with E-state index in [2.05, 4.69) is 17.2 Å². The smallest absolute Gasteiger partial charge is 0.328 e. The van der Waals surface area contributed by atoms with E-state index in [1.807, 2.05) is 13.8 Å². The van der Waals surface area contributed by atoms with E-state index in [0.29, 0.717) is 23.0 Å². The lowest BCUT2D eigenvalue weighted by Gasteiger charge is -2.12. The van der Waals surface area contributed by atoms with Crippen LogP contribution in [0.4, 0.5) is 0 Å². The average molecular weight is 331 g/mol. The molecule has 2 N–H and O–H groups in total. The molecule has 0 aliphatic heterocycles. The summed E-state index contributed by atoms with van der Waals surface area (Å²) in [7, 11) is 0. The molecule has 0 radical (unpaired) electrons. The number of H-pyrrole nitrogens is 1. The van der Waals surface area contributed by atoms with Gasteiger partial charge in [0.15, 0.2) is 0 Å². The number of rotatable bonds is 7. The van der Waals surface area contributed by atoms with Crippen LogP contribution in [0.5, 0.6) is 0 Å². The maximum atomic E-state index is 12.5. The Morgan fingerprint density at radius 1 is 1.25 bits per heavy atom. The summed E-state index contributed by atoms with van der Waals surface area (Å²) < 4.78 is 1.23. The number of hydrogen-bond donors (Lipinski definition) is 2. The molecule has 2 aromatic rings. The number of nitrogens with zero attached hydrogens (tertiary/aromatic N) is 1. The normalized spacial score (nSPS) is 12.3. The summed E-state index contributed by atoms with van der Waals surface area (Å²) in [6, 6.07) is 4.86. The van der Waals surface area contributed by atoms with Crippen LogP contribution in [0, 0.1) is 0 Å². The Hall–Kier alpha value is -2.37. The van der Waals surface area contributed by atoms with E-state index in [9.17, 15) is 14.4 Å². The first kappa shape index (κ1) is 18.0. The van der Waals surface area contributed by atoms with Gasteiger partial charge in [-0.15, -0.1) is 0 Å². The number of aromatic nitrogens is 2. The van der Waals surface area contributed by atoms with Crippen LogP contribution in [0.25, 0.3) is 10.9 Å². The molecule has 0 fully saturated rings. The highest BCUT2D eigenvalue weighted by molar-refractivity contribution is 5.97. The molecule has 0 saturated carbocycles. The minimum absolute atomic E-state index is 0.0683.